The first-order valence-corrected chi connectivity index (χ1v) is 10.2. The Kier molecular flexibility index (Phi) is 7.43. The molecule has 0 spiro atoms. The minimum absolute atomic E-state index is 0.0449. The highest BCUT2D eigenvalue weighted by Gasteiger charge is 2.15. The fourth-order valence-corrected chi connectivity index (χ4v) is 3.28. The molecule has 0 radical (unpaired) electrons. The Hall–Kier alpha value is -2.20. The molecule has 2 aromatic heterocycles. The van der Waals surface area contributed by atoms with E-state index in [4.69, 9.17) is 20.3 Å². The van der Waals surface area contributed by atoms with Gasteiger partial charge in [0.05, 0.1) is 18.6 Å². The van der Waals surface area contributed by atoms with E-state index in [1.807, 2.05) is 31.2 Å². The predicted molar refractivity (Wildman–Crippen MR) is 110 cm³/mol. The van der Waals surface area contributed by atoms with Crippen LogP contribution < -0.4 is 5.56 Å². The number of hydrogen-bond donors (Lipinski definition) is 1. The van der Waals surface area contributed by atoms with Gasteiger partial charge in [-0.15, -0.1) is 0 Å². The van der Waals surface area contributed by atoms with E-state index in [0.29, 0.717) is 28.8 Å². The summed E-state index contributed by atoms with van der Waals surface area (Å²) in [4.78, 5) is 16.8. The summed E-state index contributed by atoms with van der Waals surface area (Å²) in [5, 5.41) is 18.0. The molecule has 10 heteroatoms. The largest absolute Gasteiger partial charge is 0.396 e. The lowest BCUT2D eigenvalue weighted by Gasteiger charge is -2.12. The van der Waals surface area contributed by atoms with Gasteiger partial charge in [-0.2, -0.15) is 10.1 Å². The first kappa shape index (κ1) is 21.5. The maximum absolute atomic E-state index is 12.5. The number of hydrogen-bond acceptors (Lipinski definition) is 8. The third-order valence-corrected chi connectivity index (χ3v) is 5.25. The van der Waals surface area contributed by atoms with E-state index >= 15 is 0 Å². The lowest BCUT2D eigenvalue weighted by Crippen LogP contribution is -2.27. The molecule has 0 saturated heterocycles. The van der Waals surface area contributed by atoms with Gasteiger partial charge in [-0.1, -0.05) is 35.8 Å². The highest BCUT2D eigenvalue weighted by molar-refractivity contribution is 7.93. The number of rotatable bonds is 9. The van der Waals surface area contributed by atoms with Crippen molar-refractivity contribution in [1.82, 2.24) is 19.9 Å². The van der Waals surface area contributed by atoms with Gasteiger partial charge >= 0.3 is 0 Å². The van der Waals surface area contributed by atoms with Crippen LogP contribution >= 0.6 is 23.6 Å². The molecule has 8 nitrogen and oxygen atoms in total. The first-order valence-electron chi connectivity index (χ1n) is 8.95. The number of nitrogens with zero attached hydrogens (tertiary/aromatic N) is 4. The Morgan fingerprint density at radius 2 is 2.10 bits per heavy atom. The van der Waals surface area contributed by atoms with Gasteiger partial charge in [0, 0.05) is 23.1 Å². The first-order chi connectivity index (χ1) is 14.0. The Labute approximate surface area is 177 Å². The molecular weight excluding hydrogens is 416 g/mol. The van der Waals surface area contributed by atoms with E-state index in [9.17, 15) is 9.90 Å². The molecule has 0 aliphatic heterocycles. The van der Waals surface area contributed by atoms with E-state index in [0.717, 1.165) is 11.1 Å². The van der Waals surface area contributed by atoms with Gasteiger partial charge in [-0.25, -0.2) is 4.68 Å². The molecule has 1 atom stereocenters. The van der Waals surface area contributed by atoms with Crippen molar-refractivity contribution in [3.05, 3.63) is 74.2 Å². The van der Waals surface area contributed by atoms with Gasteiger partial charge in [0.15, 0.2) is 5.82 Å². The average Bonchev–Trinajstić information content (AvgIpc) is 3.17. The van der Waals surface area contributed by atoms with Crippen LogP contribution in [-0.4, -0.2) is 31.6 Å². The van der Waals surface area contributed by atoms with Crippen LogP contribution in [0.4, 0.5) is 0 Å². The van der Waals surface area contributed by atoms with Crippen molar-refractivity contribution in [3.8, 4) is 0 Å². The summed E-state index contributed by atoms with van der Waals surface area (Å²) < 4.78 is 12.0. The fourth-order valence-electron chi connectivity index (χ4n) is 2.63. The molecule has 154 valence electrons. The summed E-state index contributed by atoms with van der Waals surface area (Å²) in [6.45, 7) is 4.03. The molecular formula is C19H21ClN4O4S. The zero-order valence-corrected chi connectivity index (χ0v) is 17.6. The normalized spacial score (nSPS) is 12.3. The van der Waals surface area contributed by atoms with Gasteiger partial charge in [-0.3, -0.25) is 4.79 Å². The van der Waals surface area contributed by atoms with Gasteiger partial charge in [-0.05, 0) is 42.2 Å². The second kappa shape index (κ2) is 10.0. The summed E-state index contributed by atoms with van der Waals surface area (Å²) in [6, 6.07) is 7.42. The summed E-state index contributed by atoms with van der Waals surface area (Å²) in [6.07, 6.45) is 1.59. The van der Waals surface area contributed by atoms with Crippen LogP contribution in [0.3, 0.4) is 0 Å². The standard InChI is InChI=1S/C19H21ClN4O4S/c1-12(9-25)16-7-21-24(19(26)13(16)2)8-18-22-17(23-28-18)11-29-27-10-14-3-5-15(20)6-4-14/h3-7,12,25H,8-11H2,1-2H3. The Morgan fingerprint density at radius 3 is 2.83 bits per heavy atom. The minimum Gasteiger partial charge on any atom is -0.396 e. The topological polar surface area (TPSA) is 103 Å². The van der Waals surface area contributed by atoms with Crippen molar-refractivity contribution in [3.63, 3.8) is 0 Å². The van der Waals surface area contributed by atoms with Gasteiger partial charge in [0.25, 0.3) is 5.56 Å². The van der Waals surface area contributed by atoms with Crippen LogP contribution in [0.1, 0.15) is 41.2 Å². The van der Waals surface area contributed by atoms with Gasteiger partial charge < -0.3 is 13.8 Å². The summed E-state index contributed by atoms with van der Waals surface area (Å²) in [5.41, 5.74) is 2.04. The fraction of sp³-hybridized carbons (Fsp3) is 0.368. The quantitative estimate of drug-likeness (QED) is 0.403. The third-order valence-electron chi connectivity index (χ3n) is 4.33. The summed E-state index contributed by atoms with van der Waals surface area (Å²) in [7, 11) is 0. The van der Waals surface area contributed by atoms with E-state index < -0.39 is 0 Å². The van der Waals surface area contributed by atoms with Crippen LogP contribution in [0.15, 0.2) is 39.8 Å². The number of aliphatic hydroxyl groups excluding tert-OH is 1. The predicted octanol–water partition coefficient (Wildman–Crippen LogP) is 3.10. The SMILES string of the molecule is Cc1c(C(C)CO)cnn(Cc2nc(CSOCc3ccc(Cl)cc3)no2)c1=O. The molecule has 0 amide bonds. The van der Waals surface area contributed by atoms with Crippen molar-refractivity contribution in [2.45, 2.75) is 38.7 Å². The van der Waals surface area contributed by atoms with Crippen LogP contribution in [0.25, 0.3) is 0 Å². The lowest BCUT2D eigenvalue weighted by atomic mass is 10.0. The third kappa shape index (κ3) is 5.66. The number of aromatic nitrogens is 4. The van der Waals surface area contributed by atoms with Crippen LogP contribution in [0.5, 0.6) is 0 Å². The molecule has 0 aliphatic carbocycles. The maximum Gasteiger partial charge on any atom is 0.270 e. The zero-order chi connectivity index (χ0) is 20.8. The Bertz CT molecular complexity index is 1010. The molecule has 1 aromatic carbocycles. The molecule has 2 heterocycles. The van der Waals surface area contributed by atoms with E-state index in [1.165, 1.54) is 16.7 Å². The molecule has 3 aromatic rings. The highest BCUT2D eigenvalue weighted by atomic mass is 35.5. The van der Waals surface area contributed by atoms with Crippen molar-refractivity contribution in [2.24, 2.45) is 0 Å². The molecule has 0 fully saturated rings. The Balaban J connectivity index is 1.54. The molecule has 0 aliphatic rings. The molecule has 0 bridgehead atoms. The molecule has 1 unspecified atom stereocenters. The molecule has 29 heavy (non-hydrogen) atoms. The van der Waals surface area contributed by atoms with Gasteiger partial charge in [0.2, 0.25) is 5.89 Å². The average molecular weight is 437 g/mol. The van der Waals surface area contributed by atoms with Crippen molar-refractivity contribution in [2.75, 3.05) is 6.61 Å². The zero-order valence-electron chi connectivity index (χ0n) is 16.0. The Morgan fingerprint density at radius 1 is 1.34 bits per heavy atom. The molecule has 0 saturated carbocycles. The highest BCUT2D eigenvalue weighted by Crippen LogP contribution is 2.17. The van der Waals surface area contributed by atoms with Crippen molar-refractivity contribution >= 4 is 23.6 Å². The summed E-state index contributed by atoms with van der Waals surface area (Å²) in [5.74, 6) is 1.02. The summed E-state index contributed by atoms with van der Waals surface area (Å²) >= 11 is 7.06. The van der Waals surface area contributed by atoms with Crippen LogP contribution in [-0.2, 0) is 23.1 Å². The van der Waals surface area contributed by atoms with E-state index in [-0.39, 0.29) is 30.5 Å². The second-order valence-corrected chi connectivity index (χ2v) is 7.72. The van der Waals surface area contributed by atoms with Crippen LogP contribution in [0, 0.1) is 6.92 Å². The maximum atomic E-state index is 12.5. The minimum atomic E-state index is -0.247. The number of halogens is 1. The van der Waals surface area contributed by atoms with Crippen molar-refractivity contribution in [1.29, 1.82) is 0 Å². The van der Waals surface area contributed by atoms with Crippen LogP contribution in [0.2, 0.25) is 5.02 Å². The van der Waals surface area contributed by atoms with Gasteiger partial charge in [0.1, 0.15) is 6.54 Å². The monoisotopic (exact) mass is 436 g/mol. The van der Waals surface area contributed by atoms with E-state index in [1.54, 1.807) is 13.1 Å². The second-order valence-electron chi connectivity index (χ2n) is 6.53. The van der Waals surface area contributed by atoms with E-state index in [2.05, 4.69) is 15.2 Å². The number of benzene rings is 1. The smallest absolute Gasteiger partial charge is 0.270 e. The molecule has 1 N–H and O–H groups in total. The lowest BCUT2D eigenvalue weighted by molar-refractivity contribution is 0.272. The number of aliphatic hydroxyl groups is 1. The molecule has 3 rings (SSSR count). The van der Waals surface area contributed by atoms with Crippen molar-refractivity contribution < 1.29 is 13.8 Å².